The second-order valence-corrected chi connectivity index (χ2v) is 2.62. The predicted octanol–water partition coefficient (Wildman–Crippen LogP) is 0.391. The lowest BCUT2D eigenvalue weighted by Gasteiger charge is -2.05. The summed E-state index contributed by atoms with van der Waals surface area (Å²) in [6.45, 7) is 0.941. The Morgan fingerprint density at radius 1 is 1.50 bits per heavy atom. The number of amidine groups is 1. The first-order chi connectivity index (χ1) is 6.74. The van der Waals surface area contributed by atoms with Gasteiger partial charge in [0.15, 0.2) is 0 Å². The van der Waals surface area contributed by atoms with Crippen molar-refractivity contribution in [3.05, 3.63) is 23.9 Å². The van der Waals surface area contributed by atoms with Gasteiger partial charge in [-0.25, -0.2) is 4.98 Å². The van der Waals surface area contributed by atoms with E-state index in [1.807, 2.05) is 0 Å². The number of nitrogens with two attached hydrogens (primary N) is 1. The van der Waals surface area contributed by atoms with Crippen molar-refractivity contribution in [2.75, 3.05) is 20.3 Å². The largest absolute Gasteiger partial charge is 0.475 e. The molecule has 0 aliphatic carbocycles. The SMILES string of the molecule is COCCOc1cccc(C(=N)N)n1. The van der Waals surface area contributed by atoms with Crippen LogP contribution in [-0.2, 0) is 4.74 Å². The summed E-state index contributed by atoms with van der Waals surface area (Å²) in [5.74, 6) is 0.386. The molecule has 0 saturated carbocycles. The van der Waals surface area contributed by atoms with Crippen molar-refractivity contribution < 1.29 is 9.47 Å². The number of ether oxygens (including phenoxy) is 2. The van der Waals surface area contributed by atoms with E-state index in [1.165, 1.54) is 0 Å². The van der Waals surface area contributed by atoms with Crippen molar-refractivity contribution in [3.8, 4) is 5.88 Å². The summed E-state index contributed by atoms with van der Waals surface area (Å²) in [6, 6.07) is 5.11. The molecule has 0 fully saturated rings. The van der Waals surface area contributed by atoms with Crippen molar-refractivity contribution in [1.29, 1.82) is 5.41 Å². The Bertz CT molecular complexity index is 315. The van der Waals surface area contributed by atoms with E-state index in [9.17, 15) is 0 Å². The quantitative estimate of drug-likeness (QED) is 0.404. The van der Waals surface area contributed by atoms with Gasteiger partial charge < -0.3 is 15.2 Å². The van der Waals surface area contributed by atoms with Crippen LogP contribution in [-0.4, -0.2) is 31.1 Å². The fourth-order valence-electron chi connectivity index (χ4n) is 0.875. The van der Waals surface area contributed by atoms with Crippen LogP contribution in [0.25, 0.3) is 0 Å². The maximum Gasteiger partial charge on any atom is 0.213 e. The molecule has 5 heteroatoms. The molecule has 0 unspecified atom stereocenters. The van der Waals surface area contributed by atoms with E-state index in [1.54, 1.807) is 25.3 Å². The first-order valence-electron chi connectivity index (χ1n) is 4.17. The van der Waals surface area contributed by atoms with E-state index in [-0.39, 0.29) is 5.84 Å². The van der Waals surface area contributed by atoms with Gasteiger partial charge >= 0.3 is 0 Å². The van der Waals surface area contributed by atoms with Crippen molar-refractivity contribution in [3.63, 3.8) is 0 Å². The van der Waals surface area contributed by atoms with Crippen molar-refractivity contribution in [1.82, 2.24) is 4.98 Å². The standard InChI is InChI=1S/C9H13N3O2/c1-13-5-6-14-8-4-2-3-7(12-8)9(10)11/h2-4H,5-6H2,1H3,(H3,10,11). The zero-order valence-corrected chi connectivity index (χ0v) is 7.99. The summed E-state index contributed by atoms with van der Waals surface area (Å²) in [4.78, 5) is 4.02. The van der Waals surface area contributed by atoms with Crippen LogP contribution in [0.3, 0.4) is 0 Å². The van der Waals surface area contributed by atoms with Gasteiger partial charge in [0.05, 0.1) is 6.61 Å². The summed E-state index contributed by atoms with van der Waals surface area (Å²) in [5.41, 5.74) is 5.69. The molecule has 0 saturated heterocycles. The zero-order chi connectivity index (χ0) is 10.4. The molecule has 1 aromatic rings. The number of methoxy groups -OCH3 is 1. The first-order valence-corrected chi connectivity index (χ1v) is 4.17. The van der Waals surface area contributed by atoms with E-state index in [0.29, 0.717) is 24.8 Å². The predicted molar refractivity (Wildman–Crippen MR) is 52.6 cm³/mol. The summed E-state index contributed by atoms with van der Waals surface area (Å²) in [5, 5.41) is 7.18. The minimum atomic E-state index is -0.0674. The molecule has 0 spiro atoms. The minimum absolute atomic E-state index is 0.0674. The van der Waals surface area contributed by atoms with E-state index in [4.69, 9.17) is 20.6 Å². The van der Waals surface area contributed by atoms with Gasteiger partial charge in [0, 0.05) is 13.2 Å². The molecule has 1 aromatic heterocycles. The monoisotopic (exact) mass is 195 g/mol. The lowest BCUT2D eigenvalue weighted by atomic mass is 10.3. The number of nitrogens with zero attached hydrogens (tertiary/aromatic N) is 1. The van der Waals surface area contributed by atoms with Gasteiger partial charge in [0.1, 0.15) is 18.1 Å². The summed E-state index contributed by atoms with van der Waals surface area (Å²) in [6.07, 6.45) is 0. The second-order valence-electron chi connectivity index (χ2n) is 2.62. The van der Waals surface area contributed by atoms with E-state index >= 15 is 0 Å². The fraction of sp³-hybridized carbons (Fsp3) is 0.333. The average molecular weight is 195 g/mol. The average Bonchev–Trinajstić information content (AvgIpc) is 2.19. The Kier molecular flexibility index (Phi) is 3.87. The summed E-state index contributed by atoms with van der Waals surface area (Å²) in [7, 11) is 1.60. The normalized spacial score (nSPS) is 9.79. The topological polar surface area (TPSA) is 81.2 Å². The number of aromatic nitrogens is 1. The van der Waals surface area contributed by atoms with Gasteiger partial charge in [-0.3, -0.25) is 5.41 Å². The van der Waals surface area contributed by atoms with Crippen molar-refractivity contribution in [2.24, 2.45) is 5.73 Å². The number of nitrogen functional groups attached to an aromatic ring is 1. The van der Waals surface area contributed by atoms with Crippen molar-refractivity contribution in [2.45, 2.75) is 0 Å². The molecule has 3 N–H and O–H groups in total. The maximum absolute atomic E-state index is 7.18. The highest BCUT2D eigenvalue weighted by Crippen LogP contribution is 2.06. The molecule has 76 valence electrons. The molecule has 0 radical (unpaired) electrons. The summed E-state index contributed by atoms with van der Waals surface area (Å²) >= 11 is 0. The molecule has 1 rings (SSSR count). The molecule has 0 aliphatic rings. The molecular formula is C9H13N3O2. The lowest BCUT2D eigenvalue weighted by Crippen LogP contribution is -2.14. The van der Waals surface area contributed by atoms with Crippen LogP contribution in [0.5, 0.6) is 5.88 Å². The van der Waals surface area contributed by atoms with Crippen LogP contribution in [0.1, 0.15) is 5.69 Å². The minimum Gasteiger partial charge on any atom is -0.475 e. The third-order valence-corrected chi connectivity index (χ3v) is 1.54. The van der Waals surface area contributed by atoms with E-state index < -0.39 is 0 Å². The van der Waals surface area contributed by atoms with Crippen molar-refractivity contribution >= 4 is 5.84 Å². The molecule has 1 heterocycles. The Morgan fingerprint density at radius 2 is 2.29 bits per heavy atom. The Hall–Kier alpha value is -1.62. The third kappa shape index (κ3) is 3.02. The van der Waals surface area contributed by atoms with Gasteiger partial charge in [-0.2, -0.15) is 0 Å². The molecule has 14 heavy (non-hydrogen) atoms. The molecule has 0 aliphatic heterocycles. The molecule has 0 aromatic carbocycles. The maximum atomic E-state index is 7.18. The molecule has 0 bridgehead atoms. The van der Waals surface area contributed by atoms with Gasteiger partial charge in [-0.1, -0.05) is 6.07 Å². The number of hydrogen-bond acceptors (Lipinski definition) is 4. The molecule has 0 amide bonds. The van der Waals surface area contributed by atoms with Crippen LogP contribution in [0.4, 0.5) is 0 Å². The number of rotatable bonds is 5. The van der Waals surface area contributed by atoms with Crippen LogP contribution in [0.15, 0.2) is 18.2 Å². The Balaban J connectivity index is 2.59. The molecule has 0 atom stereocenters. The fourth-order valence-corrected chi connectivity index (χ4v) is 0.875. The third-order valence-electron chi connectivity index (χ3n) is 1.54. The van der Waals surface area contributed by atoms with Gasteiger partial charge in [-0.15, -0.1) is 0 Å². The number of hydrogen-bond donors (Lipinski definition) is 2. The lowest BCUT2D eigenvalue weighted by molar-refractivity contribution is 0.143. The van der Waals surface area contributed by atoms with Gasteiger partial charge in [0.25, 0.3) is 0 Å². The first kappa shape index (κ1) is 10.5. The van der Waals surface area contributed by atoms with Crippen LogP contribution >= 0.6 is 0 Å². The highest BCUT2D eigenvalue weighted by Gasteiger charge is 2.00. The highest BCUT2D eigenvalue weighted by atomic mass is 16.5. The van der Waals surface area contributed by atoms with E-state index in [0.717, 1.165) is 0 Å². The van der Waals surface area contributed by atoms with Crippen LogP contribution in [0, 0.1) is 5.41 Å². The van der Waals surface area contributed by atoms with E-state index in [2.05, 4.69) is 4.98 Å². The summed E-state index contributed by atoms with van der Waals surface area (Å²) < 4.78 is 10.1. The Morgan fingerprint density at radius 3 is 2.93 bits per heavy atom. The Labute approximate surface area is 82.4 Å². The van der Waals surface area contributed by atoms with Gasteiger partial charge in [0.2, 0.25) is 5.88 Å². The molecular weight excluding hydrogens is 182 g/mol. The highest BCUT2D eigenvalue weighted by molar-refractivity contribution is 5.93. The van der Waals surface area contributed by atoms with Crippen LogP contribution in [0.2, 0.25) is 0 Å². The molecule has 5 nitrogen and oxygen atoms in total. The number of pyridine rings is 1. The zero-order valence-electron chi connectivity index (χ0n) is 7.99. The van der Waals surface area contributed by atoms with Crippen LogP contribution < -0.4 is 10.5 Å². The van der Waals surface area contributed by atoms with Gasteiger partial charge in [-0.05, 0) is 6.07 Å². The second kappa shape index (κ2) is 5.18. The smallest absolute Gasteiger partial charge is 0.213 e. The number of nitrogens with one attached hydrogen (secondary N) is 1.